The summed E-state index contributed by atoms with van der Waals surface area (Å²) in [5, 5.41) is 1.48. The van der Waals surface area contributed by atoms with Crippen LogP contribution in [0.25, 0.3) is 0 Å². The lowest BCUT2D eigenvalue weighted by molar-refractivity contribution is 0.216. The Balaban J connectivity index is 2.28. The molecule has 1 N–H and O–H groups in total. The molecule has 1 heterocycles. The maximum absolute atomic E-state index is 13.9. The lowest BCUT2D eigenvalue weighted by Gasteiger charge is -2.29. The molecule has 0 bridgehead atoms. The number of sulfonamides is 1. The minimum absolute atomic E-state index is 0.184. The molecule has 2 rings (SSSR count). The molecule has 7 heteroatoms. The highest BCUT2D eigenvalue weighted by atomic mass is 32.2. The molecular weight excluding hydrogens is 298 g/mol. The predicted molar refractivity (Wildman–Crippen MR) is 76.8 cm³/mol. The van der Waals surface area contributed by atoms with E-state index < -0.39 is 32.4 Å². The van der Waals surface area contributed by atoms with Gasteiger partial charge in [-0.3, -0.25) is 0 Å². The van der Waals surface area contributed by atoms with Crippen molar-refractivity contribution >= 4 is 10.0 Å². The van der Waals surface area contributed by atoms with Gasteiger partial charge in [-0.2, -0.15) is 0 Å². The summed E-state index contributed by atoms with van der Waals surface area (Å²) in [6, 6.07) is 2.76. The maximum Gasteiger partial charge on any atom is 0.229 e. The van der Waals surface area contributed by atoms with Crippen LogP contribution < -0.4 is 4.83 Å². The Morgan fingerprint density at radius 2 is 1.95 bits per heavy atom. The van der Waals surface area contributed by atoms with Gasteiger partial charge in [-0.15, -0.1) is 4.83 Å². The van der Waals surface area contributed by atoms with E-state index in [2.05, 4.69) is 4.83 Å². The van der Waals surface area contributed by atoms with Crippen LogP contribution in [0.15, 0.2) is 18.2 Å². The molecule has 1 aliphatic rings. The molecular formula is C14H20F2N2O2S. The fourth-order valence-corrected chi connectivity index (χ4v) is 3.06. The third kappa shape index (κ3) is 3.41. The Bertz CT molecular complexity index is 626. The van der Waals surface area contributed by atoms with Crippen LogP contribution in [0.5, 0.6) is 0 Å². The van der Waals surface area contributed by atoms with E-state index in [1.54, 1.807) is 20.8 Å². The second-order valence-electron chi connectivity index (χ2n) is 6.22. The monoisotopic (exact) mass is 318 g/mol. The summed E-state index contributed by atoms with van der Waals surface area (Å²) in [4.78, 5) is 2.51. The minimum atomic E-state index is -3.59. The summed E-state index contributed by atoms with van der Waals surface area (Å²) in [6.07, 6.45) is 1.29. The smallest absolute Gasteiger partial charge is 0.223 e. The minimum Gasteiger partial charge on any atom is -0.223 e. The van der Waals surface area contributed by atoms with Crippen LogP contribution in [0, 0.1) is 11.6 Å². The average molecular weight is 318 g/mol. The number of hydrogen-bond acceptors (Lipinski definition) is 3. The van der Waals surface area contributed by atoms with Gasteiger partial charge in [0.05, 0.1) is 10.8 Å². The number of rotatable bonds is 3. The summed E-state index contributed by atoms with van der Waals surface area (Å²) < 4.78 is 50.7. The van der Waals surface area contributed by atoms with E-state index in [-0.39, 0.29) is 5.56 Å². The molecule has 1 atom stereocenters. The van der Waals surface area contributed by atoms with Crippen molar-refractivity contribution in [2.75, 3.05) is 6.54 Å². The van der Waals surface area contributed by atoms with Gasteiger partial charge in [0.25, 0.3) is 0 Å². The molecule has 1 aromatic carbocycles. The summed E-state index contributed by atoms with van der Waals surface area (Å²) in [6.45, 7) is 5.23. The summed E-state index contributed by atoms with van der Waals surface area (Å²) in [5.41, 5.74) is 0.184. The SMILES string of the molecule is CC(C)(C)S(=O)(=O)NN1CCC[C@H]1c1cc(F)ccc1F. The molecule has 0 radical (unpaired) electrons. The van der Waals surface area contributed by atoms with E-state index in [1.165, 1.54) is 5.01 Å². The Hall–Kier alpha value is -1.05. The van der Waals surface area contributed by atoms with Crippen molar-refractivity contribution in [1.82, 2.24) is 9.84 Å². The Morgan fingerprint density at radius 3 is 2.57 bits per heavy atom. The van der Waals surface area contributed by atoms with Gasteiger partial charge in [0, 0.05) is 12.1 Å². The van der Waals surface area contributed by atoms with Crippen LogP contribution in [0.4, 0.5) is 8.78 Å². The number of nitrogens with one attached hydrogen (secondary N) is 1. The topological polar surface area (TPSA) is 49.4 Å². The fraction of sp³-hybridized carbons (Fsp3) is 0.571. The van der Waals surface area contributed by atoms with E-state index in [0.717, 1.165) is 18.2 Å². The van der Waals surface area contributed by atoms with Crippen LogP contribution in [-0.2, 0) is 10.0 Å². The van der Waals surface area contributed by atoms with Gasteiger partial charge in [0.1, 0.15) is 11.6 Å². The molecule has 0 saturated carbocycles. The van der Waals surface area contributed by atoms with Gasteiger partial charge in [0.2, 0.25) is 10.0 Å². The molecule has 0 spiro atoms. The molecule has 1 aliphatic heterocycles. The second kappa shape index (κ2) is 5.62. The Kier molecular flexibility index (Phi) is 4.37. The van der Waals surface area contributed by atoms with Crippen molar-refractivity contribution in [1.29, 1.82) is 0 Å². The van der Waals surface area contributed by atoms with Crippen molar-refractivity contribution in [3.8, 4) is 0 Å². The molecule has 4 nitrogen and oxygen atoms in total. The molecule has 0 aliphatic carbocycles. The molecule has 0 amide bonds. The summed E-state index contributed by atoms with van der Waals surface area (Å²) >= 11 is 0. The fourth-order valence-electron chi connectivity index (χ4n) is 2.26. The van der Waals surface area contributed by atoms with Gasteiger partial charge in [-0.1, -0.05) is 0 Å². The molecule has 1 saturated heterocycles. The number of hydrazine groups is 1. The summed E-state index contributed by atoms with van der Waals surface area (Å²) in [7, 11) is -3.59. The van der Waals surface area contributed by atoms with Crippen molar-refractivity contribution in [2.45, 2.75) is 44.4 Å². The van der Waals surface area contributed by atoms with E-state index >= 15 is 0 Å². The third-order valence-electron chi connectivity index (χ3n) is 3.61. The van der Waals surface area contributed by atoms with E-state index in [4.69, 9.17) is 0 Å². The van der Waals surface area contributed by atoms with Crippen molar-refractivity contribution in [3.63, 3.8) is 0 Å². The third-order valence-corrected chi connectivity index (χ3v) is 5.70. The van der Waals surface area contributed by atoms with E-state index in [0.29, 0.717) is 19.4 Å². The molecule has 1 aromatic rings. The van der Waals surface area contributed by atoms with Crippen molar-refractivity contribution in [3.05, 3.63) is 35.4 Å². The Morgan fingerprint density at radius 1 is 1.29 bits per heavy atom. The highest BCUT2D eigenvalue weighted by Crippen LogP contribution is 2.33. The predicted octanol–water partition coefficient (Wildman–Crippen LogP) is 2.73. The van der Waals surface area contributed by atoms with E-state index in [1.807, 2.05) is 0 Å². The first kappa shape index (κ1) is 16.3. The first-order valence-corrected chi connectivity index (χ1v) is 8.34. The zero-order valence-electron chi connectivity index (χ0n) is 12.4. The molecule has 118 valence electrons. The number of benzene rings is 1. The lowest BCUT2D eigenvalue weighted by atomic mass is 10.0. The molecule has 1 fully saturated rings. The van der Waals surface area contributed by atoms with Gasteiger partial charge < -0.3 is 0 Å². The largest absolute Gasteiger partial charge is 0.229 e. The van der Waals surface area contributed by atoms with Gasteiger partial charge >= 0.3 is 0 Å². The normalized spacial score (nSPS) is 20.9. The van der Waals surface area contributed by atoms with Crippen LogP contribution in [-0.4, -0.2) is 24.7 Å². The van der Waals surface area contributed by atoms with Crippen molar-refractivity contribution in [2.24, 2.45) is 0 Å². The van der Waals surface area contributed by atoms with Gasteiger partial charge in [0.15, 0.2) is 0 Å². The number of halogens is 2. The first-order chi connectivity index (χ1) is 9.62. The number of nitrogens with zero attached hydrogens (tertiary/aromatic N) is 1. The average Bonchev–Trinajstić information content (AvgIpc) is 2.78. The summed E-state index contributed by atoms with van der Waals surface area (Å²) in [5.74, 6) is -1.06. The lowest BCUT2D eigenvalue weighted by Crippen LogP contribution is -2.48. The van der Waals surface area contributed by atoms with Crippen molar-refractivity contribution < 1.29 is 17.2 Å². The highest BCUT2D eigenvalue weighted by Gasteiger charge is 2.36. The van der Waals surface area contributed by atoms with Crippen LogP contribution >= 0.6 is 0 Å². The first-order valence-electron chi connectivity index (χ1n) is 6.85. The zero-order chi connectivity index (χ0) is 15.8. The van der Waals surface area contributed by atoms with Crippen LogP contribution in [0.2, 0.25) is 0 Å². The number of hydrogen-bond donors (Lipinski definition) is 1. The standard InChI is InChI=1S/C14H20F2N2O2S/c1-14(2,3)21(19,20)17-18-8-4-5-13(18)11-9-10(15)6-7-12(11)16/h6-7,9,13,17H,4-5,8H2,1-3H3/t13-/m0/s1. The Labute approximate surface area is 124 Å². The quantitative estimate of drug-likeness (QED) is 0.932. The zero-order valence-corrected chi connectivity index (χ0v) is 13.2. The molecule has 0 unspecified atom stereocenters. The van der Waals surface area contributed by atoms with Crippen LogP contribution in [0.3, 0.4) is 0 Å². The van der Waals surface area contributed by atoms with Gasteiger partial charge in [-0.05, 0) is 51.8 Å². The van der Waals surface area contributed by atoms with Crippen LogP contribution in [0.1, 0.15) is 45.2 Å². The second-order valence-corrected chi connectivity index (χ2v) is 8.64. The molecule has 0 aromatic heterocycles. The molecule has 21 heavy (non-hydrogen) atoms. The van der Waals surface area contributed by atoms with E-state index in [9.17, 15) is 17.2 Å². The maximum atomic E-state index is 13.9. The highest BCUT2D eigenvalue weighted by molar-refractivity contribution is 7.90. The van der Waals surface area contributed by atoms with Gasteiger partial charge in [-0.25, -0.2) is 22.2 Å².